The molecule has 6 heteroatoms. The van der Waals surface area contributed by atoms with E-state index in [9.17, 15) is 0 Å². The van der Waals surface area contributed by atoms with Gasteiger partial charge in [0, 0.05) is 17.9 Å². The van der Waals surface area contributed by atoms with Gasteiger partial charge < -0.3 is 15.4 Å². The zero-order valence-electron chi connectivity index (χ0n) is 10.1. The number of rotatable bonds is 2. The van der Waals surface area contributed by atoms with Gasteiger partial charge in [-0.05, 0) is 19.9 Å². The van der Waals surface area contributed by atoms with E-state index < -0.39 is 0 Å². The van der Waals surface area contributed by atoms with Gasteiger partial charge in [0.15, 0.2) is 0 Å². The third kappa shape index (κ3) is 2.71. The van der Waals surface area contributed by atoms with Gasteiger partial charge in [0.2, 0.25) is 5.95 Å². The summed E-state index contributed by atoms with van der Waals surface area (Å²) in [5.41, 5.74) is 7.34. The second kappa shape index (κ2) is 4.67. The first-order valence-corrected chi connectivity index (χ1v) is 5.59. The molecule has 1 aromatic heterocycles. The van der Waals surface area contributed by atoms with E-state index in [0.717, 1.165) is 17.9 Å². The van der Waals surface area contributed by atoms with Gasteiger partial charge in [-0.25, -0.2) is 9.97 Å². The van der Waals surface area contributed by atoms with Crippen molar-refractivity contribution in [1.82, 2.24) is 9.97 Å². The SMILES string of the molecule is Cc1cc(C)nc(N2CCOC(C(=N)N)C2)n1. The third-order valence-electron chi connectivity index (χ3n) is 2.67. The molecule has 0 amide bonds. The van der Waals surface area contributed by atoms with Crippen molar-refractivity contribution in [3.8, 4) is 0 Å². The van der Waals surface area contributed by atoms with Crippen molar-refractivity contribution >= 4 is 11.8 Å². The summed E-state index contributed by atoms with van der Waals surface area (Å²) in [7, 11) is 0. The molecule has 2 rings (SSSR count). The molecule has 1 aliphatic heterocycles. The van der Waals surface area contributed by atoms with E-state index in [1.54, 1.807) is 0 Å². The molecule has 0 aliphatic carbocycles. The molecule has 6 nitrogen and oxygen atoms in total. The van der Waals surface area contributed by atoms with Crippen LogP contribution in [0, 0.1) is 19.3 Å². The largest absolute Gasteiger partial charge is 0.385 e. The van der Waals surface area contributed by atoms with E-state index in [1.165, 1.54) is 0 Å². The molecule has 17 heavy (non-hydrogen) atoms. The van der Waals surface area contributed by atoms with Gasteiger partial charge >= 0.3 is 0 Å². The Kier molecular flexibility index (Phi) is 3.23. The second-order valence-corrected chi connectivity index (χ2v) is 4.21. The van der Waals surface area contributed by atoms with E-state index >= 15 is 0 Å². The fraction of sp³-hybridized carbons (Fsp3) is 0.545. The van der Waals surface area contributed by atoms with Gasteiger partial charge in [-0.15, -0.1) is 0 Å². The van der Waals surface area contributed by atoms with Crippen LogP contribution in [0.4, 0.5) is 5.95 Å². The molecule has 1 aliphatic rings. The van der Waals surface area contributed by atoms with Crippen molar-refractivity contribution in [2.75, 3.05) is 24.6 Å². The van der Waals surface area contributed by atoms with Crippen LogP contribution in [0.2, 0.25) is 0 Å². The minimum absolute atomic E-state index is 0.0547. The van der Waals surface area contributed by atoms with Crippen LogP contribution in [0.1, 0.15) is 11.4 Å². The standard InChI is InChI=1S/C11H17N5O/c1-7-5-8(2)15-11(14-7)16-3-4-17-9(6-16)10(12)13/h5,9H,3-4,6H2,1-2H3,(H3,12,13). The Morgan fingerprint density at radius 3 is 2.71 bits per heavy atom. The molecule has 1 aromatic rings. The molecular weight excluding hydrogens is 218 g/mol. The highest BCUT2D eigenvalue weighted by molar-refractivity contribution is 5.82. The first-order valence-electron chi connectivity index (χ1n) is 5.59. The summed E-state index contributed by atoms with van der Waals surface area (Å²) in [6.07, 6.45) is -0.354. The molecule has 92 valence electrons. The van der Waals surface area contributed by atoms with Crippen molar-refractivity contribution in [2.45, 2.75) is 20.0 Å². The molecule has 1 saturated heterocycles. The second-order valence-electron chi connectivity index (χ2n) is 4.21. The monoisotopic (exact) mass is 235 g/mol. The molecule has 1 fully saturated rings. The Balaban J connectivity index is 2.18. The quantitative estimate of drug-likeness (QED) is 0.566. The molecule has 0 aromatic carbocycles. The highest BCUT2D eigenvalue weighted by atomic mass is 16.5. The van der Waals surface area contributed by atoms with E-state index in [0.29, 0.717) is 19.1 Å². The lowest BCUT2D eigenvalue weighted by molar-refractivity contribution is 0.0819. The molecule has 1 unspecified atom stereocenters. The lowest BCUT2D eigenvalue weighted by Gasteiger charge is -2.32. The molecule has 3 N–H and O–H groups in total. The summed E-state index contributed by atoms with van der Waals surface area (Å²) in [6.45, 7) is 5.70. The number of morpholine rings is 1. The average molecular weight is 235 g/mol. The number of aryl methyl sites for hydroxylation is 2. The van der Waals surface area contributed by atoms with Crippen LogP contribution in [-0.2, 0) is 4.74 Å². The van der Waals surface area contributed by atoms with E-state index in [-0.39, 0.29) is 11.9 Å². The summed E-state index contributed by atoms with van der Waals surface area (Å²) in [5.74, 6) is 0.746. The van der Waals surface area contributed by atoms with Crippen LogP contribution >= 0.6 is 0 Å². The number of amidine groups is 1. The molecule has 2 heterocycles. The fourth-order valence-corrected chi connectivity index (χ4v) is 1.87. The molecule has 0 saturated carbocycles. The minimum atomic E-state index is -0.354. The smallest absolute Gasteiger partial charge is 0.225 e. The van der Waals surface area contributed by atoms with Crippen LogP contribution in [0.5, 0.6) is 0 Å². The maximum Gasteiger partial charge on any atom is 0.225 e. The molecule has 0 radical (unpaired) electrons. The van der Waals surface area contributed by atoms with Gasteiger partial charge in [-0.3, -0.25) is 5.41 Å². The average Bonchev–Trinajstić information content (AvgIpc) is 2.28. The number of anilines is 1. The lowest BCUT2D eigenvalue weighted by atomic mass is 10.2. The predicted octanol–water partition coefficient (Wildman–Crippen LogP) is 0.235. The zero-order chi connectivity index (χ0) is 12.4. The first kappa shape index (κ1) is 11.8. The van der Waals surface area contributed by atoms with Crippen LogP contribution in [-0.4, -0.2) is 41.6 Å². The number of nitrogens with zero attached hydrogens (tertiary/aromatic N) is 3. The van der Waals surface area contributed by atoms with Crippen LogP contribution in [0.15, 0.2) is 6.07 Å². The summed E-state index contributed by atoms with van der Waals surface area (Å²) < 4.78 is 5.40. The van der Waals surface area contributed by atoms with Gasteiger partial charge in [-0.2, -0.15) is 0 Å². The maximum atomic E-state index is 7.41. The first-order chi connectivity index (χ1) is 8.06. The van der Waals surface area contributed by atoms with Crippen LogP contribution in [0.3, 0.4) is 0 Å². The van der Waals surface area contributed by atoms with Crippen molar-refractivity contribution in [3.63, 3.8) is 0 Å². The predicted molar refractivity (Wildman–Crippen MR) is 65.4 cm³/mol. The van der Waals surface area contributed by atoms with E-state index in [4.69, 9.17) is 15.9 Å². The summed E-state index contributed by atoms with van der Waals surface area (Å²) in [4.78, 5) is 10.8. The number of nitrogens with one attached hydrogen (secondary N) is 1. The number of hydrogen-bond acceptors (Lipinski definition) is 5. The van der Waals surface area contributed by atoms with Crippen molar-refractivity contribution in [3.05, 3.63) is 17.5 Å². The number of ether oxygens (including phenoxy) is 1. The highest BCUT2D eigenvalue weighted by Crippen LogP contribution is 2.14. The Morgan fingerprint density at radius 1 is 1.47 bits per heavy atom. The Bertz CT molecular complexity index is 414. The Labute approximate surface area is 100 Å². The Hall–Kier alpha value is -1.69. The van der Waals surface area contributed by atoms with Gasteiger partial charge in [0.05, 0.1) is 13.2 Å². The van der Waals surface area contributed by atoms with Crippen molar-refractivity contribution < 1.29 is 4.74 Å². The summed E-state index contributed by atoms with van der Waals surface area (Å²) in [6, 6.07) is 1.94. The van der Waals surface area contributed by atoms with Gasteiger partial charge in [0.25, 0.3) is 0 Å². The topological polar surface area (TPSA) is 88.1 Å². The molecular formula is C11H17N5O. The highest BCUT2D eigenvalue weighted by Gasteiger charge is 2.24. The zero-order valence-corrected chi connectivity index (χ0v) is 10.1. The number of hydrogen-bond donors (Lipinski definition) is 2. The molecule has 1 atom stereocenters. The van der Waals surface area contributed by atoms with Crippen LogP contribution in [0.25, 0.3) is 0 Å². The lowest BCUT2D eigenvalue weighted by Crippen LogP contribution is -2.48. The molecule has 0 bridgehead atoms. The van der Waals surface area contributed by atoms with Crippen molar-refractivity contribution in [1.29, 1.82) is 5.41 Å². The normalized spacial score (nSPS) is 20.4. The number of nitrogens with two attached hydrogens (primary N) is 1. The molecule has 0 spiro atoms. The van der Waals surface area contributed by atoms with E-state index in [2.05, 4.69) is 9.97 Å². The summed E-state index contributed by atoms with van der Waals surface area (Å²) in [5, 5.41) is 7.41. The van der Waals surface area contributed by atoms with E-state index in [1.807, 2.05) is 24.8 Å². The van der Waals surface area contributed by atoms with Gasteiger partial charge in [0.1, 0.15) is 11.9 Å². The summed E-state index contributed by atoms with van der Waals surface area (Å²) >= 11 is 0. The number of aromatic nitrogens is 2. The van der Waals surface area contributed by atoms with Crippen molar-refractivity contribution in [2.24, 2.45) is 5.73 Å². The fourth-order valence-electron chi connectivity index (χ4n) is 1.87. The van der Waals surface area contributed by atoms with Gasteiger partial charge in [-0.1, -0.05) is 0 Å². The van der Waals surface area contributed by atoms with Crippen LogP contribution < -0.4 is 10.6 Å². The minimum Gasteiger partial charge on any atom is -0.385 e. The third-order valence-corrected chi connectivity index (χ3v) is 2.67. The Morgan fingerprint density at radius 2 is 2.12 bits per heavy atom. The maximum absolute atomic E-state index is 7.41.